The van der Waals surface area contributed by atoms with E-state index in [1.807, 2.05) is 12.1 Å². The predicted octanol–water partition coefficient (Wildman–Crippen LogP) is 5.64. The number of benzene rings is 1. The number of likely N-dealkylation sites (tertiary alicyclic amines) is 1. The van der Waals surface area contributed by atoms with Gasteiger partial charge < -0.3 is 19.1 Å². The average molecular weight is 485 g/mol. The Morgan fingerprint density at radius 2 is 1.71 bits per heavy atom. The van der Waals surface area contributed by atoms with Crippen molar-refractivity contribution in [2.75, 3.05) is 46.4 Å². The lowest BCUT2D eigenvalue weighted by Crippen LogP contribution is -2.34. The SMILES string of the molecule is COCCc1nc2ccc(C(=O)N(CCC(C)C)CCC(C)C)cc2n1CCCN1CCCCC1. The van der Waals surface area contributed by atoms with Crippen LogP contribution in [0.25, 0.3) is 11.0 Å². The van der Waals surface area contributed by atoms with Crippen LogP contribution in [0.2, 0.25) is 0 Å². The monoisotopic (exact) mass is 484 g/mol. The lowest BCUT2D eigenvalue weighted by molar-refractivity contribution is 0.0741. The minimum absolute atomic E-state index is 0.146. The van der Waals surface area contributed by atoms with Crippen LogP contribution in [-0.2, 0) is 17.7 Å². The molecule has 1 fully saturated rings. The van der Waals surface area contributed by atoms with Crippen LogP contribution in [0.1, 0.15) is 82.4 Å². The molecule has 6 heteroatoms. The van der Waals surface area contributed by atoms with Gasteiger partial charge in [0.25, 0.3) is 5.91 Å². The zero-order chi connectivity index (χ0) is 25.2. The number of fused-ring (bicyclic) bond motifs is 1. The lowest BCUT2D eigenvalue weighted by atomic mass is 10.1. The van der Waals surface area contributed by atoms with Crippen molar-refractivity contribution in [3.63, 3.8) is 0 Å². The van der Waals surface area contributed by atoms with Gasteiger partial charge in [0.1, 0.15) is 5.82 Å². The van der Waals surface area contributed by atoms with Gasteiger partial charge in [0.2, 0.25) is 0 Å². The molecule has 0 aliphatic carbocycles. The normalized spacial score (nSPS) is 14.9. The van der Waals surface area contributed by atoms with Gasteiger partial charge >= 0.3 is 0 Å². The van der Waals surface area contributed by atoms with Gasteiger partial charge in [0.15, 0.2) is 0 Å². The second kappa shape index (κ2) is 14.0. The molecule has 196 valence electrons. The van der Waals surface area contributed by atoms with Gasteiger partial charge in [-0.2, -0.15) is 0 Å². The van der Waals surface area contributed by atoms with Crippen molar-refractivity contribution in [1.82, 2.24) is 19.4 Å². The molecule has 1 aliphatic rings. The number of methoxy groups -OCH3 is 1. The first-order chi connectivity index (χ1) is 16.9. The van der Waals surface area contributed by atoms with E-state index in [-0.39, 0.29) is 5.91 Å². The highest BCUT2D eigenvalue weighted by Crippen LogP contribution is 2.22. The molecule has 1 aromatic heterocycles. The van der Waals surface area contributed by atoms with Crippen LogP contribution in [0.15, 0.2) is 18.2 Å². The molecule has 0 N–H and O–H groups in total. The van der Waals surface area contributed by atoms with Gasteiger partial charge in [-0.15, -0.1) is 0 Å². The molecule has 1 saturated heterocycles. The van der Waals surface area contributed by atoms with E-state index in [9.17, 15) is 4.79 Å². The number of amides is 1. The Balaban J connectivity index is 1.81. The third-order valence-electron chi connectivity index (χ3n) is 7.15. The molecule has 0 bridgehead atoms. The molecule has 0 spiro atoms. The van der Waals surface area contributed by atoms with Crippen LogP contribution in [0, 0.1) is 11.8 Å². The summed E-state index contributed by atoms with van der Waals surface area (Å²) in [6.07, 6.45) is 7.95. The van der Waals surface area contributed by atoms with Crippen molar-refractivity contribution in [3.05, 3.63) is 29.6 Å². The summed E-state index contributed by atoms with van der Waals surface area (Å²) >= 11 is 0. The maximum atomic E-state index is 13.6. The first kappa shape index (κ1) is 27.7. The Hall–Kier alpha value is -1.92. The second-order valence-electron chi connectivity index (χ2n) is 11.0. The van der Waals surface area contributed by atoms with Gasteiger partial charge in [-0.1, -0.05) is 34.1 Å². The number of ether oxygens (including phenoxy) is 1. The molecule has 1 aromatic carbocycles. The molecule has 1 amide bonds. The summed E-state index contributed by atoms with van der Waals surface area (Å²) in [4.78, 5) is 23.2. The number of rotatable bonds is 14. The first-order valence-electron chi connectivity index (χ1n) is 13.9. The van der Waals surface area contributed by atoms with Gasteiger partial charge in [-0.05, 0) is 81.8 Å². The van der Waals surface area contributed by atoms with E-state index in [1.165, 1.54) is 32.4 Å². The zero-order valence-electron chi connectivity index (χ0n) is 22.9. The molecule has 1 aliphatic heterocycles. The van der Waals surface area contributed by atoms with Crippen molar-refractivity contribution < 1.29 is 9.53 Å². The topological polar surface area (TPSA) is 50.6 Å². The fraction of sp³-hybridized carbons (Fsp3) is 0.724. The first-order valence-corrected chi connectivity index (χ1v) is 13.9. The highest BCUT2D eigenvalue weighted by Gasteiger charge is 2.19. The molecule has 2 heterocycles. The smallest absolute Gasteiger partial charge is 0.253 e. The Labute approximate surface area is 213 Å². The van der Waals surface area contributed by atoms with Crippen molar-refractivity contribution in [2.24, 2.45) is 11.8 Å². The maximum absolute atomic E-state index is 13.6. The minimum Gasteiger partial charge on any atom is -0.384 e. The van der Waals surface area contributed by atoms with E-state index in [4.69, 9.17) is 9.72 Å². The molecule has 3 rings (SSSR count). The van der Waals surface area contributed by atoms with E-state index in [0.29, 0.717) is 18.4 Å². The molecular formula is C29H48N4O2. The van der Waals surface area contributed by atoms with E-state index in [0.717, 1.165) is 74.3 Å². The molecule has 6 nitrogen and oxygen atoms in total. The summed E-state index contributed by atoms with van der Waals surface area (Å²) in [6, 6.07) is 6.08. The Morgan fingerprint density at radius 1 is 1.03 bits per heavy atom. The Bertz CT molecular complexity index is 903. The van der Waals surface area contributed by atoms with Crippen LogP contribution >= 0.6 is 0 Å². The number of imidazole rings is 1. The van der Waals surface area contributed by atoms with Crippen LogP contribution in [-0.4, -0.2) is 71.7 Å². The highest BCUT2D eigenvalue weighted by atomic mass is 16.5. The molecule has 2 aromatic rings. The number of nitrogens with zero attached hydrogens (tertiary/aromatic N) is 4. The van der Waals surface area contributed by atoms with E-state index in [1.54, 1.807) is 7.11 Å². The molecule has 0 radical (unpaired) electrons. The Kier molecular flexibility index (Phi) is 11.1. The Morgan fingerprint density at radius 3 is 2.34 bits per heavy atom. The molecular weight excluding hydrogens is 436 g/mol. The predicted molar refractivity (Wildman–Crippen MR) is 145 cm³/mol. The van der Waals surface area contributed by atoms with E-state index in [2.05, 4.69) is 48.1 Å². The van der Waals surface area contributed by atoms with Crippen LogP contribution in [0.3, 0.4) is 0 Å². The number of hydrogen-bond acceptors (Lipinski definition) is 4. The van der Waals surface area contributed by atoms with E-state index >= 15 is 0 Å². The summed E-state index contributed by atoms with van der Waals surface area (Å²) in [5.41, 5.74) is 2.83. The standard InChI is InChI=1S/C29H48N4O2/c1-23(2)12-19-32(20-13-24(3)4)29(34)25-10-11-26-27(22-25)33(28(30-26)14-21-35-5)18-9-17-31-15-7-6-8-16-31/h10-11,22-24H,6-9,12-21H2,1-5H3. The van der Waals surface area contributed by atoms with Crippen LogP contribution in [0.5, 0.6) is 0 Å². The van der Waals surface area contributed by atoms with Crippen molar-refractivity contribution in [1.29, 1.82) is 0 Å². The fourth-order valence-electron chi connectivity index (χ4n) is 4.90. The number of carbonyl (C=O) groups is 1. The van der Waals surface area contributed by atoms with Crippen LogP contribution < -0.4 is 0 Å². The maximum Gasteiger partial charge on any atom is 0.253 e. The molecule has 0 atom stereocenters. The largest absolute Gasteiger partial charge is 0.384 e. The number of aromatic nitrogens is 2. The quantitative estimate of drug-likeness (QED) is 0.348. The summed E-state index contributed by atoms with van der Waals surface area (Å²) in [7, 11) is 1.74. The number of aryl methyl sites for hydroxylation is 1. The highest BCUT2D eigenvalue weighted by molar-refractivity contribution is 5.97. The third-order valence-corrected chi connectivity index (χ3v) is 7.15. The minimum atomic E-state index is 0.146. The number of carbonyl (C=O) groups excluding carboxylic acids is 1. The van der Waals surface area contributed by atoms with Gasteiger partial charge in [0.05, 0.1) is 17.6 Å². The molecule has 0 unspecified atom stereocenters. The summed E-state index contributed by atoms with van der Waals surface area (Å²) in [5, 5.41) is 0. The van der Waals surface area contributed by atoms with Gasteiger partial charge in [-0.3, -0.25) is 4.79 Å². The van der Waals surface area contributed by atoms with Crippen molar-refractivity contribution >= 4 is 16.9 Å². The molecule has 0 saturated carbocycles. The zero-order valence-corrected chi connectivity index (χ0v) is 22.9. The summed E-state index contributed by atoms with van der Waals surface area (Å²) < 4.78 is 7.69. The fourth-order valence-corrected chi connectivity index (χ4v) is 4.90. The van der Waals surface area contributed by atoms with Gasteiger partial charge in [0, 0.05) is 38.7 Å². The lowest BCUT2D eigenvalue weighted by Gasteiger charge is -2.26. The average Bonchev–Trinajstić information content (AvgIpc) is 3.19. The number of hydrogen-bond donors (Lipinski definition) is 0. The second-order valence-corrected chi connectivity index (χ2v) is 11.0. The van der Waals surface area contributed by atoms with Gasteiger partial charge in [-0.25, -0.2) is 4.98 Å². The van der Waals surface area contributed by atoms with E-state index < -0.39 is 0 Å². The summed E-state index contributed by atoms with van der Waals surface area (Å²) in [5.74, 6) is 2.36. The number of piperidine rings is 1. The molecule has 35 heavy (non-hydrogen) atoms. The van der Waals surface area contributed by atoms with Crippen LogP contribution in [0.4, 0.5) is 0 Å². The third kappa shape index (κ3) is 8.32. The van der Waals surface area contributed by atoms with Crippen molar-refractivity contribution in [2.45, 2.75) is 79.2 Å². The summed E-state index contributed by atoms with van der Waals surface area (Å²) in [6.45, 7) is 15.7. The van der Waals surface area contributed by atoms with Crippen molar-refractivity contribution in [3.8, 4) is 0 Å².